The van der Waals surface area contributed by atoms with Crippen molar-refractivity contribution in [3.63, 3.8) is 0 Å². The van der Waals surface area contributed by atoms with Crippen LogP contribution in [-0.4, -0.2) is 20.6 Å². The summed E-state index contributed by atoms with van der Waals surface area (Å²) in [6.45, 7) is -0.0665. The maximum atomic E-state index is 10.6. The minimum atomic E-state index is -0.870. The molecule has 6 heteroatoms. The largest absolute Gasteiger partial charge is 0.480 e. The van der Waals surface area contributed by atoms with Gasteiger partial charge in [-0.25, -0.2) is 4.98 Å². The molecule has 0 amide bonds. The van der Waals surface area contributed by atoms with Crippen LogP contribution >= 0.6 is 38.5 Å². The minimum Gasteiger partial charge on any atom is -0.480 e. The molecule has 0 unspecified atom stereocenters. The van der Waals surface area contributed by atoms with Crippen LogP contribution in [0.5, 0.6) is 0 Å². The summed E-state index contributed by atoms with van der Waals surface area (Å²) in [5, 5.41) is 9.70. The van der Waals surface area contributed by atoms with Gasteiger partial charge in [-0.1, -0.05) is 0 Å². The molecule has 2 heterocycles. The highest BCUT2D eigenvalue weighted by Gasteiger charge is 2.12. The zero-order valence-electron chi connectivity index (χ0n) is 7.44. The highest BCUT2D eigenvalue weighted by atomic mass is 127. The number of hydrogen-bond acceptors (Lipinski definition) is 2. The molecule has 0 aliphatic heterocycles. The van der Waals surface area contributed by atoms with Crippen molar-refractivity contribution in [2.24, 2.45) is 0 Å². The van der Waals surface area contributed by atoms with Gasteiger partial charge in [0.15, 0.2) is 0 Å². The van der Waals surface area contributed by atoms with E-state index in [4.69, 9.17) is 5.11 Å². The summed E-state index contributed by atoms with van der Waals surface area (Å²) in [7, 11) is 0. The molecular weight excluding hydrogens is 375 g/mol. The van der Waals surface area contributed by atoms with Gasteiger partial charge >= 0.3 is 5.97 Å². The van der Waals surface area contributed by atoms with Crippen LogP contribution in [0.3, 0.4) is 0 Å². The lowest BCUT2D eigenvalue weighted by atomic mass is 10.3. The van der Waals surface area contributed by atoms with Crippen molar-refractivity contribution in [1.82, 2.24) is 9.55 Å². The molecule has 0 saturated heterocycles. The zero-order chi connectivity index (χ0) is 11.0. The van der Waals surface area contributed by atoms with E-state index in [9.17, 15) is 4.79 Å². The van der Waals surface area contributed by atoms with Crippen molar-refractivity contribution in [1.29, 1.82) is 0 Å². The second kappa shape index (κ2) is 4.09. The van der Waals surface area contributed by atoms with E-state index in [1.165, 1.54) is 0 Å². The van der Waals surface area contributed by atoms with E-state index in [0.29, 0.717) is 5.65 Å². The first-order valence-electron chi connectivity index (χ1n) is 4.10. The molecule has 0 spiro atoms. The Morgan fingerprint density at radius 3 is 3.07 bits per heavy atom. The molecule has 1 N–H and O–H groups in total. The number of halogens is 2. The SMILES string of the molecule is O=C(O)Cn1cc(I)c2c(Br)ccnc21. The van der Waals surface area contributed by atoms with Gasteiger partial charge in [0.25, 0.3) is 0 Å². The third-order valence-corrected chi connectivity index (χ3v) is 3.44. The molecule has 0 fully saturated rings. The lowest BCUT2D eigenvalue weighted by molar-refractivity contribution is -0.137. The summed E-state index contributed by atoms with van der Waals surface area (Å²) < 4.78 is 3.55. The van der Waals surface area contributed by atoms with Crippen molar-refractivity contribution in [3.8, 4) is 0 Å². The van der Waals surface area contributed by atoms with Crippen LogP contribution in [0, 0.1) is 3.57 Å². The Bertz CT molecular complexity index is 538. The average Bonchev–Trinajstić information content (AvgIpc) is 2.44. The Balaban J connectivity index is 2.68. The number of carboxylic acids is 1. The number of aliphatic carboxylic acids is 1. The van der Waals surface area contributed by atoms with Gasteiger partial charge in [0.1, 0.15) is 12.2 Å². The molecule has 78 valence electrons. The molecular formula is C9H6BrIN2O2. The zero-order valence-corrected chi connectivity index (χ0v) is 11.2. The van der Waals surface area contributed by atoms with Gasteiger partial charge in [-0.15, -0.1) is 0 Å². The van der Waals surface area contributed by atoms with Gasteiger partial charge in [-0.2, -0.15) is 0 Å². The minimum absolute atomic E-state index is 0.0665. The molecule has 0 aromatic carbocycles. The van der Waals surface area contributed by atoms with Crippen LogP contribution in [0.1, 0.15) is 0 Å². The molecule has 0 saturated carbocycles. The number of fused-ring (bicyclic) bond motifs is 1. The fraction of sp³-hybridized carbons (Fsp3) is 0.111. The predicted molar refractivity (Wildman–Crippen MR) is 67.8 cm³/mol. The van der Waals surface area contributed by atoms with Crippen molar-refractivity contribution in [3.05, 3.63) is 26.5 Å². The second-order valence-corrected chi connectivity index (χ2v) is 5.01. The quantitative estimate of drug-likeness (QED) is 0.814. The standard InChI is InChI=1S/C9H6BrIN2O2/c10-5-1-2-12-9-8(5)6(11)3-13(9)4-7(14)15/h1-3H,4H2,(H,14,15). The fourth-order valence-electron chi connectivity index (χ4n) is 1.40. The number of nitrogens with zero attached hydrogens (tertiary/aromatic N) is 2. The topological polar surface area (TPSA) is 55.1 Å². The van der Waals surface area contributed by atoms with Gasteiger partial charge in [0.2, 0.25) is 0 Å². The summed E-state index contributed by atoms with van der Waals surface area (Å²) in [6.07, 6.45) is 3.44. The van der Waals surface area contributed by atoms with Crippen molar-refractivity contribution >= 4 is 55.5 Å². The molecule has 2 aromatic heterocycles. The Kier molecular flexibility index (Phi) is 2.96. The van der Waals surface area contributed by atoms with E-state index in [1.807, 2.05) is 6.07 Å². The summed E-state index contributed by atoms with van der Waals surface area (Å²) in [4.78, 5) is 14.8. The van der Waals surface area contributed by atoms with Crippen LogP contribution in [-0.2, 0) is 11.3 Å². The van der Waals surface area contributed by atoms with Crippen LogP contribution in [0.2, 0.25) is 0 Å². The molecule has 0 atom stereocenters. The van der Waals surface area contributed by atoms with Crippen molar-refractivity contribution < 1.29 is 9.90 Å². The van der Waals surface area contributed by atoms with E-state index in [1.54, 1.807) is 17.0 Å². The normalized spacial score (nSPS) is 10.8. The molecule has 4 nitrogen and oxygen atoms in total. The summed E-state index contributed by atoms with van der Waals surface area (Å²) in [6, 6.07) is 1.84. The lowest BCUT2D eigenvalue weighted by Gasteiger charge is -1.99. The maximum Gasteiger partial charge on any atom is 0.323 e. The highest BCUT2D eigenvalue weighted by molar-refractivity contribution is 14.1. The lowest BCUT2D eigenvalue weighted by Crippen LogP contribution is -2.07. The number of carbonyl (C=O) groups is 1. The molecule has 15 heavy (non-hydrogen) atoms. The van der Waals surface area contributed by atoms with E-state index in [2.05, 4.69) is 43.5 Å². The number of rotatable bonds is 2. The average molecular weight is 381 g/mol. The third kappa shape index (κ3) is 2.00. The molecule has 0 aliphatic carbocycles. The van der Waals surface area contributed by atoms with Gasteiger partial charge in [0.05, 0.1) is 0 Å². The first kappa shape index (κ1) is 10.9. The molecule has 2 aromatic rings. The molecule has 0 aliphatic rings. The van der Waals surface area contributed by atoms with Crippen LogP contribution in [0.25, 0.3) is 11.0 Å². The Morgan fingerprint density at radius 2 is 2.40 bits per heavy atom. The monoisotopic (exact) mass is 380 g/mol. The number of carboxylic acid groups (broad SMARTS) is 1. The second-order valence-electron chi connectivity index (χ2n) is 2.99. The number of pyridine rings is 1. The van der Waals surface area contributed by atoms with Gasteiger partial charge in [-0.05, 0) is 44.6 Å². The Morgan fingerprint density at radius 1 is 1.67 bits per heavy atom. The summed E-state index contributed by atoms with van der Waals surface area (Å²) in [5.41, 5.74) is 0.691. The molecule has 0 radical (unpaired) electrons. The van der Waals surface area contributed by atoms with Crippen LogP contribution in [0.4, 0.5) is 0 Å². The van der Waals surface area contributed by atoms with Gasteiger partial charge < -0.3 is 9.67 Å². The Labute approximate surface area is 108 Å². The van der Waals surface area contributed by atoms with Crippen LogP contribution < -0.4 is 0 Å². The fourth-order valence-corrected chi connectivity index (χ4v) is 3.14. The summed E-state index contributed by atoms with van der Waals surface area (Å²) in [5.74, 6) is -0.870. The first-order chi connectivity index (χ1) is 7.09. The highest BCUT2D eigenvalue weighted by Crippen LogP contribution is 2.28. The van der Waals surface area contributed by atoms with E-state index in [-0.39, 0.29) is 6.54 Å². The van der Waals surface area contributed by atoms with Gasteiger partial charge in [-0.3, -0.25) is 4.79 Å². The van der Waals surface area contributed by atoms with E-state index >= 15 is 0 Å². The van der Waals surface area contributed by atoms with Crippen LogP contribution in [0.15, 0.2) is 22.9 Å². The first-order valence-corrected chi connectivity index (χ1v) is 5.97. The number of hydrogen-bond donors (Lipinski definition) is 1. The Hall–Kier alpha value is -0.630. The molecule has 0 bridgehead atoms. The number of aromatic nitrogens is 2. The smallest absolute Gasteiger partial charge is 0.323 e. The summed E-state index contributed by atoms with van der Waals surface area (Å²) >= 11 is 5.59. The predicted octanol–water partition coefficient (Wildman–Crippen LogP) is 2.49. The van der Waals surface area contributed by atoms with Crippen molar-refractivity contribution in [2.75, 3.05) is 0 Å². The van der Waals surface area contributed by atoms with Crippen molar-refractivity contribution in [2.45, 2.75) is 6.54 Å². The maximum absolute atomic E-state index is 10.6. The van der Waals surface area contributed by atoms with E-state index < -0.39 is 5.97 Å². The molecule has 2 rings (SSSR count). The third-order valence-electron chi connectivity index (χ3n) is 1.97. The van der Waals surface area contributed by atoms with Gasteiger partial charge in [0, 0.05) is 25.8 Å². The van der Waals surface area contributed by atoms with E-state index in [0.717, 1.165) is 13.4 Å².